The second-order valence-corrected chi connectivity index (χ2v) is 8.12. The fourth-order valence-electron chi connectivity index (χ4n) is 2.09. The molecule has 0 saturated carbocycles. The first-order chi connectivity index (χ1) is 8.38. The van der Waals surface area contributed by atoms with Crippen LogP contribution in [0.15, 0.2) is 29.2 Å². The van der Waals surface area contributed by atoms with Crippen LogP contribution in [0, 0.1) is 0 Å². The molecule has 1 heterocycles. The first-order valence-corrected chi connectivity index (χ1v) is 8.39. The Labute approximate surface area is 109 Å². The van der Waals surface area contributed by atoms with E-state index in [1.54, 1.807) is 29.5 Å². The largest absolute Gasteiger partial charge is 0.348 e. The van der Waals surface area contributed by atoms with Crippen LogP contribution >= 0.6 is 10.3 Å². The molecule has 1 amide bonds. The predicted molar refractivity (Wildman–Crippen MR) is 75.3 cm³/mol. The molecule has 0 aliphatic carbocycles. The van der Waals surface area contributed by atoms with Gasteiger partial charge in [0.05, 0.1) is 0 Å². The van der Waals surface area contributed by atoms with E-state index in [0.29, 0.717) is 12.1 Å². The minimum Gasteiger partial charge on any atom is -0.348 e. The molecule has 1 aliphatic heterocycles. The second-order valence-electron chi connectivity index (χ2n) is 5.10. The van der Waals surface area contributed by atoms with E-state index >= 15 is 0 Å². The third kappa shape index (κ3) is 2.85. The van der Waals surface area contributed by atoms with Crippen molar-refractivity contribution in [3.05, 3.63) is 29.8 Å². The van der Waals surface area contributed by atoms with Crippen molar-refractivity contribution in [3.8, 4) is 0 Å². The summed E-state index contributed by atoms with van der Waals surface area (Å²) in [5.41, 5.74) is 6.45. The Balaban J connectivity index is 2.21. The number of carbonyl (C=O) groups excluding carboxylic acids is 1. The highest BCUT2D eigenvalue weighted by molar-refractivity contribution is 8.28. The average molecular weight is 268 g/mol. The predicted octanol–water partition coefficient (Wildman–Crippen LogP) is 1.76. The molecule has 18 heavy (non-hydrogen) atoms. The van der Waals surface area contributed by atoms with Gasteiger partial charge in [-0.2, -0.15) is 0 Å². The van der Waals surface area contributed by atoms with Crippen LogP contribution < -0.4 is 5.73 Å². The number of hydrogen-bond donors (Lipinski definition) is 2. The number of nitrogens with zero attached hydrogens (tertiary/aromatic N) is 1. The van der Waals surface area contributed by atoms with Crippen LogP contribution in [0.5, 0.6) is 0 Å². The van der Waals surface area contributed by atoms with E-state index in [-0.39, 0.29) is 11.9 Å². The monoisotopic (exact) mass is 268 g/mol. The van der Waals surface area contributed by atoms with Crippen molar-refractivity contribution in [2.24, 2.45) is 5.73 Å². The zero-order valence-corrected chi connectivity index (χ0v) is 11.6. The quantitative estimate of drug-likeness (QED) is 0.859. The Morgan fingerprint density at radius 3 is 2.78 bits per heavy atom. The summed E-state index contributed by atoms with van der Waals surface area (Å²) in [7, 11) is -1.79. The van der Waals surface area contributed by atoms with Crippen LogP contribution in [0.3, 0.4) is 0 Å². The lowest BCUT2D eigenvalue weighted by atomic mass is 10.2. The first-order valence-electron chi connectivity index (χ1n) is 5.98. The molecular formula is C13H20N2O2S. The lowest BCUT2D eigenvalue weighted by Crippen LogP contribution is -2.31. The van der Waals surface area contributed by atoms with Crippen molar-refractivity contribution in [1.29, 1.82) is 0 Å². The van der Waals surface area contributed by atoms with Crippen LogP contribution in [-0.2, 0) is 0 Å². The van der Waals surface area contributed by atoms with Crippen molar-refractivity contribution >= 4 is 16.2 Å². The molecule has 0 bridgehead atoms. The molecule has 1 atom stereocenters. The molecule has 0 aromatic heterocycles. The third-order valence-electron chi connectivity index (χ3n) is 3.17. The minimum absolute atomic E-state index is 0.00782. The van der Waals surface area contributed by atoms with Crippen LogP contribution in [0.4, 0.5) is 0 Å². The molecule has 1 aromatic carbocycles. The fraction of sp³-hybridized carbons (Fsp3) is 0.462. The van der Waals surface area contributed by atoms with Crippen molar-refractivity contribution in [1.82, 2.24) is 4.90 Å². The zero-order valence-electron chi connectivity index (χ0n) is 10.8. The Bertz CT molecular complexity index is 457. The highest BCUT2D eigenvalue weighted by atomic mass is 32.3. The molecule has 1 saturated heterocycles. The Morgan fingerprint density at radius 2 is 2.22 bits per heavy atom. The summed E-state index contributed by atoms with van der Waals surface area (Å²) in [6.45, 7) is 1.35. The van der Waals surface area contributed by atoms with E-state index in [1.807, 2.05) is 12.1 Å². The summed E-state index contributed by atoms with van der Waals surface area (Å²) in [4.78, 5) is 14.9. The minimum atomic E-state index is -1.79. The molecule has 0 spiro atoms. The normalized spacial score (nSPS) is 21.1. The summed E-state index contributed by atoms with van der Waals surface area (Å²) in [6, 6.07) is 7.37. The van der Waals surface area contributed by atoms with Gasteiger partial charge < -0.3 is 15.2 Å². The smallest absolute Gasteiger partial charge is 0.253 e. The summed E-state index contributed by atoms with van der Waals surface area (Å²) in [6.07, 6.45) is 4.45. The SMILES string of the molecule is CS(C)(O)c1cccc(C(=O)N2CCC(N)C2)c1. The van der Waals surface area contributed by atoms with Gasteiger partial charge in [-0.25, -0.2) is 0 Å². The van der Waals surface area contributed by atoms with E-state index in [0.717, 1.165) is 17.9 Å². The molecule has 4 nitrogen and oxygen atoms in total. The van der Waals surface area contributed by atoms with E-state index in [4.69, 9.17) is 5.73 Å². The first kappa shape index (κ1) is 13.4. The van der Waals surface area contributed by atoms with E-state index in [2.05, 4.69) is 0 Å². The van der Waals surface area contributed by atoms with Gasteiger partial charge in [-0.05, 0) is 37.1 Å². The number of likely N-dealkylation sites (tertiary alicyclic amines) is 1. The molecule has 1 aliphatic rings. The molecular weight excluding hydrogens is 248 g/mol. The van der Waals surface area contributed by atoms with Gasteiger partial charge >= 0.3 is 0 Å². The number of benzene rings is 1. The lowest BCUT2D eigenvalue weighted by molar-refractivity contribution is 0.0790. The zero-order chi connectivity index (χ0) is 13.3. The summed E-state index contributed by atoms with van der Waals surface area (Å²) in [5.74, 6) is 0.00782. The van der Waals surface area contributed by atoms with Gasteiger partial charge in [-0.1, -0.05) is 6.07 Å². The van der Waals surface area contributed by atoms with Crippen molar-refractivity contribution in [2.75, 3.05) is 25.6 Å². The number of carbonyl (C=O) groups is 1. The standard InChI is InChI=1S/C13H20N2O2S/c1-18(2,17)12-5-3-4-10(8-12)13(16)15-7-6-11(14)9-15/h3-5,8,11,17H,6-7,9,14H2,1-2H3. The van der Waals surface area contributed by atoms with Gasteiger partial charge in [0.25, 0.3) is 5.91 Å². The van der Waals surface area contributed by atoms with Gasteiger partial charge in [0.2, 0.25) is 0 Å². The maximum absolute atomic E-state index is 12.3. The highest BCUT2D eigenvalue weighted by Crippen LogP contribution is 2.44. The maximum atomic E-state index is 12.3. The molecule has 100 valence electrons. The van der Waals surface area contributed by atoms with E-state index in [9.17, 15) is 9.35 Å². The number of nitrogens with two attached hydrogens (primary N) is 1. The van der Waals surface area contributed by atoms with Crippen LogP contribution in [-0.4, -0.2) is 47.0 Å². The lowest BCUT2D eigenvalue weighted by Gasteiger charge is -2.24. The average Bonchev–Trinajstić information content (AvgIpc) is 2.74. The third-order valence-corrected chi connectivity index (χ3v) is 4.58. The van der Waals surface area contributed by atoms with Crippen LogP contribution in [0.25, 0.3) is 0 Å². The number of hydrogen-bond acceptors (Lipinski definition) is 3. The summed E-state index contributed by atoms with van der Waals surface area (Å²) >= 11 is 0. The fourth-order valence-corrected chi connectivity index (χ4v) is 2.92. The molecule has 5 heteroatoms. The molecule has 2 rings (SSSR count). The van der Waals surface area contributed by atoms with Gasteiger partial charge in [-0.3, -0.25) is 4.79 Å². The Morgan fingerprint density at radius 1 is 1.50 bits per heavy atom. The van der Waals surface area contributed by atoms with Crippen molar-refractivity contribution < 1.29 is 9.35 Å². The van der Waals surface area contributed by atoms with E-state index in [1.165, 1.54) is 0 Å². The molecule has 1 unspecified atom stereocenters. The summed E-state index contributed by atoms with van der Waals surface area (Å²) in [5, 5.41) is 0. The topological polar surface area (TPSA) is 66.6 Å². The Kier molecular flexibility index (Phi) is 3.66. The Hall–Kier alpha value is -1.04. The molecule has 0 radical (unpaired) electrons. The summed E-state index contributed by atoms with van der Waals surface area (Å²) < 4.78 is 10.0. The molecule has 1 fully saturated rings. The second kappa shape index (κ2) is 4.91. The highest BCUT2D eigenvalue weighted by Gasteiger charge is 2.25. The van der Waals surface area contributed by atoms with Crippen molar-refractivity contribution in [2.45, 2.75) is 17.4 Å². The van der Waals surface area contributed by atoms with Gasteiger partial charge in [0, 0.05) is 29.6 Å². The van der Waals surface area contributed by atoms with Crippen LogP contribution in [0.1, 0.15) is 16.8 Å². The number of amides is 1. The van der Waals surface area contributed by atoms with Crippen LogP contribution in [0.2, 0.25) is 0 Å². The van der Waals surface area contributed by atoms with Gasteiger partial charge in [-0.15, -0.1) is 10.3 Å². The molecule has 3 N–H and O–H groups in total. The maximum Gasteiger partial charge on any atom is 0.253 e. The van der Waals surface area contributed by atoms with E-state index < -0.39 is 10.3 Å². The van der Waals surface area contributed by atoms with Gasteiger partial charge in [0.15, 0.2) is 0 Å². The molecule has 1 aromatic rings. The number of rotatable bonds is 2. The van der Waals surface area contributed by atoms with Gasteiger partial charge in [0.1, 0.15) is 0 Å². The van der Waals surface area contributed by atoms with Crippen molar-refractivity contribution in [3.63, 3.8) is 0 Å².